The quantitative estimate of drug-likeness (QED) is 0.772. The van der Waals surface area contributed by atoms with Crippen LogP contribution in [0.1, 0.15) is 16.1 Å². The number of nitrogens with zero attached hydrogens (tertiary/aromatic N) is 2. The van der Waals surface area contributed by atoms with Crippen LogP contribution in [0.15, 0.2) is 18.2 Å². The molecular formula is C15H20N4O. The van der Waals surface area contributed by atoms with Gasteiger partial charge in [-0.05, 0) is 37.7 Å². The Balaban J connectivity index is 1.93. The summed E-state index contributed by atoms with van der Waals surface area (Å²) in [6, 6.07) is 5.70. The lowest BCUT2D eigenvalue weighted by atomic mass is 10.1. The van der Waals surface area contributed by atoms with Crippen LogP contribution in [0.4, 0.5) is 5.69 Å². The maximum atomic E-state index is 12.6. The predicted molar refractivity (Wildman–Crippen MR) is 80.8 cm³/mol. The number of aromatic amines is 1. The van der Waals surface area contributed by atoms with Gasteiger partial charge in [0.15, 0.2) is 0 Å². The fraction of sp³-hybridized carbons (Fsp3) is 0.400. The number of nitrogens with one attached hydrogen (secondary N) is 1. The fourth-order valence-electron chi connectivity index (χ4n) is 2.73. The Kier molecular flexibility index (Phi) is 3.14. The van der Waals surface area contributed by atoms with E-state index < -0.39 is 0 Å². The Morgan fingerprint density at radius 1 is 1.25 bits per heavy atom. The zero-order valence-corrected chi connectivity index (χ0v) is 11.9. The second-order valence-electron chi connectivity index (χ2n) is 5.53. The van der Waals surface area contributed by atoms with E-state index in [-0.39, 0.29) is 5.91 Å². The van der Waals surface area contributed by atoms with Crippen molar-refractivity contribution in [3.8, 4) is 0 Å². The molecule has 1 aromatic heterocycles. The van der Waals surface area contributed by atoms with Gasteiger partial charge in [0.05, 0.1) is 0 Å². The van der Waals surface area contributed by atoms with Crippen LogP contribution in [0.5, 0.6) is 0 Å². The second-order valence-corrected chi connectivity index (χ2v) is 5.53. The zero-order valence-electron chi connectivity index (χ0n) is 11.9. The van der Waals surface area contributed by atoms with Crippen molar-refractivity contribution in [2.24, 2.45) is 0 Å². The van der Waals surface area contributed by atoms with Crippen LogP contribution in [-0.2, 0) is 0 Å². The first kappa shape index (κ1) is 13.0. The number of nitrogen functional groups attached to an aromatic ring is 1. The van der Waals surface area contributed by atoms with Crippen LogP contribution in [0.2, 0.25) is 0 Å². The van der Waals surface area contributed by atoms with E-state index in [9.17, 15) is 4.79 Å². The van der Waals surface area contributed by atoms with Gasteiger partial charge in [-0.15, -0.1) is 0 Å². The molecule has 3 N–H and O–H groups in total. The second kappa shape index (κ2) is 4.83. The summed E-state index contributed by atoms with van der Waals surface area (Å²) in [6.45, 7) is 5.40. The molecule has 0 spiro atoms. The molecule has 2 heterocycles. The van der Waals surface area contributed by atoms with Gasteiger partial charge in [0.1, 0.15) is 5.69 Å². The number of hydrogen-bond acceptors (Lipinski definition) is 3. The van der Waals surface area contributed by atoms with Gasteiger partial charge in [0.25, 0.3) is 5.91 Å². The summed E-state index contributed by atoms with van der Waals surface area (Å²) in [4.78, 5) is 20.0. The number of fused-ring (bicyclic) bond motifs is 1. The van der Waals surface area contributed by atoms with Gasteiger partial charge in [-0.25, -0.2) is 0 Å². The molecular weight excluding hydrogens is 252 g/mol. The molecule has 0 unspecified atom stereocenters. The van der Waals surface area contributed by atoms with Crippen molar-refractivity contribution in [3.63, 3.8) is 0 Å². The van der Waals surface area contributed by atoms with Crippen molar-refractivity contribution in [1.29, 1.82) is 0 Å². The van der Waals surface area contributed by atoms with Crippen LogP contribution < -0.4 is 5.73 Å². The van der Waals surface area contributed by atoms with Gasteiger partial charge in [-0.2, -0.15) is 0 Å². The summed E-state index contributed by atoms with van der Waals surface area (Å²) in [7, 11) is 2.08. The van der Waals surface area contributed by atoms with Crippen molar-refractivity contribution in [3.05, 3.63) is 29.5 Å². The van der Waals surface area contributed by atoms with Crippen molar-refractivity contribution < 1.29 is 4.79 Å². The lowest BCUT2D eigenvalue weighted by molar-refractivity contribution is 0.0658. The van der Waals surface area contributed by atoms with Gasteiger partial charge in [-0.1, -0.05) is 0 Å². The number of aromatic nitrogens is 1. The molecule has 0 radical (unpaired) electrons. The first-order valence-corrected chi connectivity index (χ1v) is 6.92. The molecule has 20 heavy (non-hydrogen) atoms. The number of benzene rings is 1. The monoisotopic (exact) mass is 272 g/mol. The van der Waals surface area contributed by atoms with Crippen LogP contribution in [0.25, 0.3) is 10.9 Å². The first-order valence-electron chi connectivity index (χ1n) is 6.92. The van der Waals surface area contributed by atoms with Gasteiger partial charge >= 0.3 is 0 Å². The number of amides is 1. The molecule has 1 saturated heterocycles. The molecule has 1 aliphatic heterocycles. The normalized spacial score (nSPS) is 16.8. The molecule has 1 aromatic carbocycles. The summed E-state index contributed by atoms with van der Waals surface area (Å²) >= 11 is 0. The summed E-state index contributed by atoms with van der Waals surface area (Å²) in [5, 5.41) is 1.03. The van der Waals surface area contributed by atoms with Crippen molar-refractivity contribution in [1.82, 2.24) is 14.8 Å². The van der Waals surface area contributed by atoms with E-state index in [1.54, 1.807) is 0 Å². The standard InChI is InChI=1S/C15H20N4O/c1-10-12-9-11(16)3-4-13(12)17-14(10)15(20)19-7-5-18(2)6-8-19/h3-4,9,17H,5-8,16H2,1-2H3. The highest BCUT2D eigenvalue weighted by molar-refractivity contribution is 6.01. The number of H-pyrrole nitrogens is 1. The first-order chi connectivity index (χ1) is 9.56. The topological polar surface area (TPSA) is 65.4 Å². The lowest BCUT2D eigenvalue weighted by Gasteiger charge is -2.32. The largest absolute Gasteiger partial charge is 0.399 e. The summed E-state index contributed by atoms with van der Waals surface area (Å²) in [5.41, 5.74) is 9.18. The SMILES string of the molecule is Cc1c(C(=O)N2CCN(C)CC2)[nH]c2ccc(N)cc12. The highest BCUT2D eigenvalue weighted by Gasteiger charge is 2.23. The Bertz CT molecular complexity index is 653. The number of rotatable bonds is 1. The van der Waals surface area contributed by atoms with Gasteiger partial charge < -0.3 is 20.5 Å². The number of carbonyl (C=O) groups is 1. The van der Waals surface area contributed by atoms with Crippen LogP contribution in [-0.4, -0.2) is 53.9 Å². The summed E-state index contributed by atoms with van der Waals surface area (Å²) < 4.78 is 0. The maximum absolute atomic E-state index is 12.6. The Morgan fingerprint density at radius 2 is 1.95 bits per heavy atom. The van der Waals surface area contributed by atoms with E-state index in [1.165, 1.54) is 0 Å². The summed E-state index contributed by atoms with van der Waals surface area (Å²) in [6.07, 6.45) is 0. The molecule has 1 amide bonds. The molecule has 0 saturated carbocycles. The third kappa shape index (κ3) is 2.14. The number of hydrogen-bond donors (Lipinski definition) is 2. The third-order valence-electron chi connectivity index (χ3n) is 4.09. The van der Waals surface area contributed by atoms with Crippen molar-refractivity contribution in [2.45, 2.75) is 6.92 Å². The lowest BCUT2D eigenvalue weighted by Crippen LogP contribution is -2.47. The average molecular weight is 272 g/mol. The fourth-order valence-corrected chi connectivity index (χ4v) is 2.73. The molecule has 0 bridgehead atoms. The van der Waals surface area contributed by atoms with E-state index in [1.807, 2.05) is 30.0 Å². The Morgan fingerprint density at radius 3 is 2.65 bits per heavy atom. The molecule has 1 aliphatic rings. The van der Waals surface area contributed by atoms with E-state index in [2.05, 4.69) is 16.9 Å². The number of carbonyl (C=O) groups excluding carboxylic acids is 1. The Labute approximate surface area is 118 Å². The minimum absolute atomic E-state index is 0.0883. The molecule has 0 aliphatic carbocycles. The van der Waals surface area contributed by atoms with Crippen LogP contribution >= 0.6 is 0 Å². The molecule has 1 fully saturated rings. The van der Waals surface area contributed by atoms with Gasteiger partial charge in [0, 0.05) is 42.8 Å². The number of piperazine rings is 1. The predicted octanol–water partition coefficient (Wildman–Crippen LogP) is 1.45. The van der Waals surface area contributed by atoms with Crippen molar-refractivity contribution in [2.75, 3.05) is 39.0 Å². The number of nitrogens with two attached hydrogens (primary N) is 1. The third-order valence-corrected chi connectivity index (χ3v) is 4.09. The zero-order chi connectivity index (χ0) is 14.3. The maximum Gasteiger partial charge on any atom is 0.270 e. The number of aryl methyl sites for hydroxylation is 1. The van der Waals surface area contributed by atoms with Gasteiger partial charge in [-0.3, -0.25) is 4.79 Å². The minimum Gasteiger partial charge on any atom is -0.399 e. The summed E-state index contributed by atoms with van der Waals surface area (Å²) in [5.74, 6) is 0.0883. The molecule has 3 rings (SSSR count). The van der Waals surface area contributed by atoms with E-state index in [0.717, 1.165) is 48.3 Å². The molecule has 5 heteroatoms. The highest BCUT2D eigenvalue weighted by Crippen LogP contribution is 2.25. The minimum atomic E-state index is 0.0883. The van der Waals surface area contributed by atoms with E-state index in [4.69, 9.17) is 5.73 Å². The highest BCUT2D eigenvalue weighted by atomic mass is 16.2. The van der Waals surface area contributed by atoms with Crippen molar-refractivity contribution >= 4 is 22.5 Å². The van der Waals surface area contributed by atoms with E-state index in [0.29, 0.717) is 5.69 Å². The van der Waals surface area contributed by atoms with Crippen LogP contribution in [0.3, 0.4) is 0 Å². The molecule has 0 atom stereocenters. The molecule has 106 valence electrons. The average Bonchev–Trinajstić information content (AvgIpc) is 2.76. The molecule has 2 aromatic rings. The Hall–Kier alpha value is -2.01. The molecule has 5 nitrogen and oxygen atoms in total. The van der Waals surface area contributed by atoms with Gasteiger partial charge in [0.2, 0.25) is 0 Å². The van der Waals surface area contributed by atoms with Crippen LogP contribution in [0, 0.1) is 6.92 Å². The van der Waals surface area contributed by atoms with E-state index >= 15 is 0 Å². The number of likely N-dealkylation sites (N-methyl/N-ethyl adjacent to an activating group) is 1. The number of anilines is 1. The smallest absolute Gasteiger partial charge is 0.270 e.